The monoisotopic (exact) mass is 395 g/mol. The highest BCUT2D eigenvalue weighted by Crippen LogP contribution is 2.35. The molecule has 0 radical (unpaired) electrons. The van der Waals surface area contributed by atoms with Gasteiger partial charge in [0, 0.05) is 10.6 Å². The van der Waals surface area contributed by atoms with Gasteiger partial charge in [-0.25, -0.2) is 4.98 Å². The Kier molecular flexibility index (Phi) is 4.83. The molecule has 2 heterocycles. The number of hydrogen-bond acceptors (Lipinski definition) is 4. The highest BCUT2D eigenvalue weighted by Gasteiger charge is 2.24. The van der Waals surface area contributed by atoms with Gasteiger partial charge in [0.1, 0.15) is 17.2 Å². The molecule has 0 aliphatic heterocycles. The first-order valence-corrected chi connectivity index (χ1v) is 10.5. The van der Waals surface area contributed by atoms with Crippen molar-refractivity contribution in [3.05, 3.63) is 55.9 Å². The van der Waals surface area contributed by atoms with Crippen molar-refractivity contribution < 1.29 is 4.79 Å². The molecular formula is C22H25N3O2S. The average Bonchev–Trinajstić information content (AvgIpc) is 2.99. The zero-order valence-corrected chi connectivity index (χ0v) is 17.6. The molecule has 0 saturated heterocycles. The Morgan fingerprint density at radius 2 is 2.00 bits per heavy atom. The number of carbonyl (C=O) groups excluding carboxylic acids is 1. The minimum Gasteiger partial charge on any atom is -0.324 e. The molecule has 1 aliphatic rings. The van der Waals surface area contributed by atoms with E-state index in [4.69, 9.17) is 0 Å². The Morgan fingerprint density at radius 3 is 2.71 bits per heavy atom. The maximum atomic E-state index is 13.2. The maximum Gasteiger partial charge on any atom is 0.263 e. The molecule has 4 rings (SSSR count). The second-order valence-electron chi connectivity index (χ2n) is 7.90. The topological polar surface area (TPSA) is 64.0 Å². The zero-order chi connectivity index (χ0) is 20.0. The van der Waals surface area contributed by atoms with Crippen LogP contribution in [0.5, 0.6) is 0 Å². The first kappa shape index (κ1) is 18.9. The number of aryl methyl sites for hydroxylation is 4. The normalized spacial score (nSPS) is 16.2. The molecule has 6 heteroatoms. The van der Waals surface area contributed by atoms with Crippen LogP contribution in [0.3, 0.4) is 0 Å². The fourth-order valence-corrected chi connectivity index (χ4v) is 5.46. The van der Waals surface area contributed by atoms with Crippen LogP contribution in [0.15, 0.2) is 23.0 Å². The van der Waals surface area contributed by atoms with Gasteiger partial charge in [0.25, 0.3) is 5.56 Å². The van der Waals surface area contributed by atoms with E-state index in [2.05, 4.69) is 17.2 Å². The average molecular weight is 396 g/mol. The highest BCUT2D eigenvalue weighted by atomic mass is 32.1. The number of benzene rings is 1. The molecule has 1 N–H and O–H groups in total. The molecule has 1 amide bonds. The Hall–Kier alpha value is -2.47. The van der Waals surface area contributed by atoms with Gasteiger partial charge in [0.15, 0.2) is 0 Å². The smallest absolute Gasteiger partial charge is 0.263 e. The molecule has 28 heavy (non-hydrogen) atoms. The number of amides is 1. The molecule has 0 fully saturated rings. The number of para-hydroxylation sites is 1. The molecule has 1 unspecified atom stereocenters. The van der Waals surface area contributed by atoms with Crippen molar-refractivity contribution in [1.82, 2.24) is 9.55 Å². The van der Waals surface area contributed by atoms with E-state index >= 15 is 0 Å². The lowest BCUT2D eigenvalue weighted by Gasteiger charge is -2.17. The molecule has 3 aromatic rings. The van der Waals surface area contributed by atoms with Gasteiger partial charge < -0.3 is 5.32 Å². The van der Waals surface area contributed by atoms with Gasteiger partial charge in [-0.1, -0.05) is 25.1 Å². The van der Waals surface area contributed by atoms with E-state index in [-0.39, 0.29) is 18.0 Å². The summed E-state index contributed by atoms with van der Waals surface area (Å²) in [6, 6.07) is 5.89. The Labute approximate surface area is 168 Å². The minimum absolute atomic E-state index is 0.0254. The fraction of sp³-hybridized carbons (Fsp3) is 0.409. The van der Waals surface area contributed by atoms with Gasteiger partial charge in [-0.2, -0.15) is 0 Å². The summed E-state index contributed by atoms with van der Waals surface area (Å²) < 4.78 is 1.51. The van der Waals surface area contributed by atoms with Crippen LogP contribution in [-0.4, -0.2) is 15.5 Å². The van der Waals surface area contributed by atoms with Crippen molar-refractivity contribution in [3.8, 4) is 0 Å². The van der Waals surface area contributed by atoms with Crippen molar-refractivity contribution in [1.29, 1.82) is 0 Å². The largest absolute Gasteiger partial charge is 0.324 e. The summed E-state index contributed by atoms with van der Waals surface area (Å²) >= 11 is 1.64. The number of rotatable bonds is 3. The second kappa shape index (κ2) is 7.17. The highest BCUT2D eigenvalue weighted by molar-refractivity contribution is 7.18. The van der Waals surface area contributed by atoms with Crippen LogP contribution >= 0.6 is 11.3 Å². The van der Waals surface area contributed by atoms with Crippen molar-refractivity contribution in [3.63, 3.8) is 0 Å². The van der Waals surface area contributed by atoms with E-state index in [1.807, 2.05) is 32.0 Å². The minimum atomic E-state index is -0.207. The van der Waals surface area contributed by atoms with Crippen LogP contribution in [0.2, 0.25) is 0 Å². The van der Waals surface area contributed by atoms with Crippen molar-refractivity contribution in [2.45, 2.75) is 53.5 Å². The van der Waals surface area contributed by atoms with E-state index in [1.54, 1.807) is 18.3 Å². The van der Waals surface area contributed by atoms with E-state index in [0.717, 1.165) is 51.9 Å². The molecular weight excluding hydrogens is 370 g/mol. The van der Waals surface area contributed by atoms with Gasteiger partial charge >= 0.3 is 0 Å². The summed E-state index contributed by atoms with van der Waals surface area (Å²) in [5.41, 5.74) is 3.89. The standard InChI is InChI=1S/C22H25N3O2S/c1-12-8-9-16-17(10-12)28-21-19(16)22(27)25(15(4)23-21)11-18(26)24-20-13(2)6-5-7-14(20)3/h5-7,12H,8-11H2,1-4H3,(H,24,26). The number of nitrogens with zero attached hydrogens (tertiary/aromatic N) is 2. The lowest BCUT2D eigenvalue weighted by molar-refractivity contribution is -0.116. The number of anilines is 1. The second-order valence-corrected chi connectivity index (χ2v) is 8.98. The molecule has 1 aliphatic carbocycles. The third-order valence-corrected chi connectivity index (χ3v) is 6.80. The van der Waals surface area contributed by atoms with Crippen molar-refractivity contribution in [2.75, 3.05) is 5.32 Å². The lowest BCUT2D eigenvalue weighted by Crippen LogP contribution is -2.30. The third kappa shape index (κ3) is 3.26. The summed E-state index contributed by atoms with van der Waals surface area (Å²) in [4.78, 5) is 32.7. The maximum absolute atomic E-state index is 13.2. The van der Waals surface area contributed by atoms with Gasteiger partial charge in [-0.3, -0.25) is 14.2 Å². The van der Waals surface area contributed by atoms with Crippen LogP contribution in [0.4, 0.5) is 5.69 Å². The van der Waals surface area contributed by atoms with Gasteiger partial charge in [0.2, 0.25) is 5.91 Å². The summed E-state index contributed by atoms with van der Waals surface area (Å²) in [5.74, 6) is 1.02. The van der Waals surface area contributed by atoms with Crippen LogP contribution in [-0.2, 0) is 24.2 Å². The van der Waals surface area contributed by atoms with Gasteiger partial charge in [0.05, 0.1) is 5.39 Å². The molecule has 0 bridgehead atoms. The third-order valence-electron chi connectivity index (χ3n) is 5.65. The summed E-state index contributed by atoms with van der Waals surface area (Å²) in [7, 11) is 0. The Morgan fingerprint density at radius 1 is 1.29 bits per heavy atom. The molecule has 5 nitrogen and oxygen atoms in total. The molecule has 1 atom stereocenters. The first-order chi connectivity index (χ1) is 13.3. The first-order valence-electron chi connectivity index (χ1n) is 9.73. The fourth-order valence-electron chi connectivity index (χ4n) is 4.05. The number of fused-ring (bicyclic) bond motifs is 3. The quantitative estimate of drug-likeness (QED) is 0.725. The van der Waals surface area contributed by atoms with Gasteiger partial charge in [-0.05, 0) is 62.6 Å². The van der Waals surface area contributed by atoms with Gasteiger partial charge in [-0.15, -0.1) is 11.3 Å². The predicted octanol–water partition coefficient (Wildman–Crippen LogP) is 4.15. The number of carbonyl (C=O) groups is 1. The van der Waals surface area contributed by atoms with E-state index in [9.17, 15) is 9.59 Å². The van der Waals surface area contributed by atoms with Crippen molar-refractivity contribution >= 4 is 33.1 Å². The number of aromatic nitrogens is 2. The molecule has 146 valence electrons. The summed E-state index contributed by atoms with van der Waals surface area (Å²) in [6.45, 7) is 7.96. The summed E-state index contributed by atoms with van der Waals surface area (Å²) in [6.07, 6.45) is 3.03. The van der Waals surface area contributed by atoms with Crippen LogP contribution in [0.25, 0.3) is 10.2 Å². The SMILES string of the molecule is Cc1cccc(C)c1NC(=O)Cn1c(C)nc2sc3c(c2c1=O)CCC(C)C3. The van der Waals surface area contributed by atoms with Crippen LogP contribution in [0, 0.1) is 26.7 Å². The molecule has 1 aromatic carbocycles. The lowest BCUT2D eigenvalue weighted by atomic mass is 9.89. The zero-order valence-electron chi connectivity index (χ0n) is 16.8. The molecule has 0 saturated carbocycles. The van der Waals surface area contributed by atoms with Crippen LogP contribution < -0.4 is 10.9 Å². The number of hydrogen-bond donors (Lipinski definition) is 1. The Balaban J connectivity index is 1.69. The molecule has 0 spiro atoms. The van der Waals surface area contributed by atoms with E-state index in [1.165, 1.54) is 9.44 Å². The van der Waals surface area contributed by atoms with Crippen molar-refractivity contribution in [2.24, 2.45) is 5.92 Å². The predicted molar refractivity (Wildman–Crippen MR) is 114 cm³/mol. The van der Waals surface area contributed by atoms with E-state index in [0.29, 0.717) is 11.7 Å². The van der Waals surface area contributed by atoms with E-state index < -0.39 is 0 Å². The number of nitrogens with one attached hydrogen (secondary N) is 1. The number of thiophene rings is 1. The molecule has 2 aromatic heterocycles. The Bertz CT molecular complexity index is 1120. The van der Waals surface area contributed by atoms with Crippen LogP contribution in [0.1, 0.15) is 40.7 Å². The summed E-state index contributed by atoms with van der Waals surface area (Å²) in [5, 5.41) is 3.69.